The highest BCUT2D eigenvalue weighted by Gasteiger charge is 2.50. The first kappa shape index (κ1) is 25.0. The number of ether oxygens (including phenoxy) is 2. The molecule has 0 spiro atoms. The summed E-state index contributed by atoms with van der Waals surface area (Å²) in [6.45, 7) is 1.75. The molecule has 2 N–H and O–H groups in total. The molecule has 0 radical (unpaired) electrons. The van der Waals surface area contributed by atoms with Crippen LogP contribution in [0.15, 0.2) is 47.0 Å². The van der Waals surface area contributed by atoms with Gasteiger partial charge in [-0.15, -0.1) is 8.78 Å². The number of amides is 1. The summed E-state index contributed by atoms with van der Waals surface area (Å²) in [5, 5.41) is 19.8. The molecule has 3 atom stereocenters. The highest BCUT2D eigenvalue weighted by molar-refractivity contribution is 14.1. The zero-order chi connectivity index (χ0) is 24.6. The molecule has 1 heterocycles. The van der Waals surface area contributed by atoms with Gasteiger partial charge in [-0.2, -0.15) is 14.0 Å². The van der Waals surface area contributed by atoms with Gasteiger partial charge in [-0.05, 0) is 59.4 Å². The van der Waals surface area contributed by atoms with E-state index in [1.165, 1.54) is 43.4 Å². The zero-order valence-electron chi connectivity index (χ0n) is 17.2. The molecular formula is C21H17F4IN4O3. The molecular weight excluding hydrogens is 559 g/mol. The van der Waals surface area contributed by atoms with Crippen LogP contribution in [0.1, 0.15) is 25.0 Å². The number of hydrogen-bond donors (Lipinski definition) is 2. The number of alkyl halides is 5. The van der Waals surface area contributed by atoms with E-state index in [9.17, 15) is 22.4 Å². The Morgan fingerprint density at radius 1 is 1.36 bits per heavy atom. The van der Waals surface area contributed by atoms with E-state index < -0.39 is 33.9 Å². The zero-order valence-corrected chi connectivity index (χ0v) is 19.4. The fraction of sp³-hybridized carbons (Fsp3) is 0.333. The van der Waals surface area contributed by atoms with E-state index >= 15 is 0 Å². The van der Waals surface area contributed by atoms with Gasteiger partial charge in [0.25, 0.3) is 0 Å². The van der Waals surface area contributed by atoms with E-state index in [2.05, 4.69) is 19.8 Å². The lowest BCUT2D eigenvalue weighted by molar-refractivity contribution is -0.347. The summed E-state index contributed by atoms with van der Waals surface area (Å²) >= 11 is 1.82. The highest BCUT2D eigenvalue weighted by atomic mass is 127. The lowest BCUT2D eigenvalue weighted by Gasteiger charge is -2.34. The molecule has 33 heavy (non-hydrogen) atoms. The van der Waals surface area contributed by atoms with Gasteiger partial charge in [-0.25, -0.2) is 4.99 Å². The number of hydrogen-bond acceptors (Lipinski definition) is 6. The number of carbonyl (C=O) groups is 1. The second-order valence-corrected chi connectivity index (χ2v) is 8.96. The van der Waals surface area contributed by atoms with Gasteiger partial charge in [0.1, 0.15) is 12.2 Å². The molecule has 12 heteroatoms. The van der Waals surface area contributed by atoms with Crippen LogP contribution < -0.4 is 5.32 Å². The molecule has 2 unspecified atom stereocenters. The fourth-order valence-corrected chi connectivity index (χ4v) is 3.94. The van der Waals surface area contributed by atoms with Gasteiger partial charge in [-0.1, -0.05) is 12.2 Å². The molecule has 1 amide bonds. The molecule has 0 bridgehead atoms. The number of nitrogens with zero attached hydrogens (tertiary/aromatic N) is 2. The van der Waals surface area contributed by atoms with E-state index in [4.69, 9.17) is 10.7 Å². The molecule has 1 fully saturated rings. The van der Waals surface area contributed by atoms with Crippen LogP contribution in [-0.4, -0.2) is 45.8 Å². The van der Waals surface area contributed by atoms with Crippen molar-refractivity contribution < 1.29 is 31.8 Å². The summed E-state index contributed by atoms with van der Waals surface area (Å²) < 4.78 is 61.7. The first-order valence-corrected chi connectivity index (χ1v) is 10.5. The number of rotatable bonds is 6. The first-order valence-electron chi connectivity index (χ1n) is 9.43. The van der Waals surface area contributed by atoms with Crippen molar-refractivity contribution in [3.05, 3.63) is 53.1 Å². The lowest BCUT2D eigenvalue weighted by Crippen LogP contribution is -2.43. The Balaban J connectivity index is 2.09. The molecule has 1 aliphatic heterocycles. The molecule has 0 aromatic heterocycles. The summed E-state index contributed by atoms with van der Waals surface area (Å²) in [5.41, 5.74) is 1.06. The first-order chi connectivity index (χ1) is 15.3. The van der Waals surface area contributed by atoms with Crippen molar-refractivity contribution in [1.82, 2.24) is 0 Å². The molecule has 1 aromatic rings. The van der Waals surface area contributed by atoms with Crippen LogP contribution in [0.2, 0.25) is 0 Å². The average Bonchev–Trinajstić information content (AvgIpc) is 3.05. The standard InChI is InChI=1S/C21H17F4IN4O3/c1-11(29-18(31)19(2,22)23)20(26,30-15-5-3-12(9-27)7-13(15)10-28)14-4-6-16-17(8-14)33-21(24,25)32-16/h3-8,10,16-17,28,30H,1-2H3/t16?,17?,20-/m1/s1. The normalized spacial score (nSPS) is 23.7. The van der Waals surface area contributed by atoms with Crippen LogP contribution >= 0.6 is 22.6 Å². The van der Waals surface area contributed by atoms with E-state index in [1.54, 1.807) is 0 Å². The van der Waals surface area contributed by atoms with Crippen molar-refractivity contribution >= 4 is 46.1 Å². The Bertz CT molecular complexity index is 1120. The van der Waals surface area contributed by atoms with Crippen LogP contribution in [0.4, 0.5) is 23.2 Å². The van der Waals surface area contributed by atoms with Crippen molar-refractivity contribution in [2.75, 3.05) is 5.32 Å². The Labute approximate surface area is 199 Å². The molecule has 1 aliphatic carbocycles. The number of benzene rings is 1. The van der Waals surface area contributed by atoms with Gasteiger partial charge in [0, 0.05) is 24.4 Å². The van der Waals surface area contributed by atoms with Gasteiger partial charge in [0.15, 0.2) is 3.55 Å². The van der Waals surface area contributed by atoms with E-state index in [-0.39, 0.29) is 16.8 Å². The van der Waals surface area contributed by atoms with E-state index in [0.717, 1.165) is 6.21 Å². The number of anilines is 1. The summed E-state index contributed by atoms with van der Waals surface area (Å²) in [5.74, 6) is -5.40. The number of fused-ring (bicyclic) bond motifs is 1. The molecule has 174 valence electrons. The smallest absolute Gasteiger partial charge is 0.362 e. The Morgan fingerprint density at radius 2 is 2.03 bits per heavy atom. The number of nitrogens with one attached hydrogen (secondary N) is 2. The minimum atomic E-state index is -3.79. The minimum absolute atomic E-state index is 0.102. The van der Waals surface area contributed by atoms with Crippen molar-refractivity contribution in [2.24, 2.45) is 4.99 Å². The van der Waals surface area contributed by atoms with Crippen molar-refractivity contribution in [2.45, 2.75) is 41.8 Å². The van der Waals surface area contributed by atoms with Gasteiger partial charge in [0.2, 0.25) is 0 Å². The second kappa shape index (κ2) is 8.96. The number of nitriles is 1. The summed E-state index contributed by atoms with van der Waals surface area (Å²) in [6.07, 6.45) is -0.954. The monoisotopic (exact) mass is 576 g/mol. The number of aliphatic imine (C=N–C) groups is 1. The fourth-order valence-electron chi connectivity index (χ4n) is 3.17. The molecule has 7 nitrogen and oxygen atoms in total. The van der Waals surface area contributed by atoms with E-state index in [0.29, 0.717) is 18.2 Å². The van der Waals surface area contributed by atoms with Crippen LogP contribution in [0, 0.1) is 16.7 Å². The van der Waals surface area contributed by atoms with Crippen LogP contribution in [0.25, 0.3) is 0 Å². The van der Waals surface area contributed by atoms with E-state index in [1.807, 2.05) is 28.7 Å². The predicted octanol–water partition coefficient (Wildman–Crippen LogP) is 4.57. The van der Waals surface area contributed by atoms with Gasteiger partial charge < -0.3 is 10.7 Å². The van der Waals surface area contributed by atoms with Gasteiger partial charge >= 0.3 is 18.1 Å². The van der Waals surface area contributed by atoms with Gasteiger partial charge in [0.05, 0.1) is 17.3 Å². The maximum Gasteiger partial charge on any atom is 0.486 e. The largest absolute Gasteiger partial charge is 0.486 e. The number of halogens is 5. The molecule has 0 saturated carbocycles. The predicted molar refractivity (Wildman–Crippen MR) is 120 cm³/mol. The Morgan fingerprint density at radius 3 is 2.64 bits per heavy atom. The highest BCUT2D eigenvalue weighted by Crippen LogP contribution is 2.41. The SMILES string of the molecule is CC(=NC(=O)C(C)(F)F)[C@@](I)(Nc1ccc(C#N)cc1C=N)C1=CC2OC(F)(F)OC2C=C1. The number of carbonyl (C=O) groups excluding carboxylic acids is 1. The van der Waals surface area contributed by atoms with Crippen molar-refractivity contribution in [3.8, 4) is 6.07 Å². The minimum Gasteiger partial charge on any atom is -0.362 e. The molecule has 1 saturated heterocycles. The lowest BCUT2D eigenvalue weighted by atomic mass is 9.93. The molecule has 1 aromatic carbocycles. The van der Waals surface area contributed by atoms with Crippen LogP contribution in [0.5, 0.6) is 0 Å². The van der Waals surface area contributed by atoms with Gasteiger partial charge in [-0.3, -0.25) is 14.3 Å². The third-order valence-electron chi connectivity index (χ3n) is 4.86. The van der Waals surface area contributed by atoms with Crippen LogP contribution in [0.3, 0.4) is 0 Å². The maximum absolute atomic E-state index is 13.5. The summed E-state index contributed by atoms with van der Waals surface area (Å²) in [7, 11) is 0. The average molecular weight is 576 g/mol. The maximum atomic E-state index is 13.5. The summed E-state index contributed by atoms with van der Waals surface area (Å²) in [6, 6.07) is 6.34. The van der Waals surface area contributed by atoms with Crippen molar-refractivity contribution in [3.63, 3.8) is 0 Å². The van der Waals surface area contributed by atoms with Crippen LogP contribution in [-0.2, 0) is 14.3 Å². The topological polar surface area (TPSA) is 108 Å². The van der Waals surface area contributed by atoms with Crippen molar-refractivity contribution in [1.29, 1.82) is 10.7 Å². The molecule has 2 aliphatic rings. The Kier molecular flexibility index (Phi) is 6.79. The molecule has 3 rings (SSSR count). The quantitative estimate of drug-likeness (QED) is 0.170. The Hall–Kier alpha value is -2.63. The second-order valence-electron chi connectivity index (χ2n) is 7.34. The third kappa shape index (κ3) is 5.31. The third-order valence-corrected chi connectivity index (χ3v) is 6.54. The summed E-state index contributed by atoms with van der Waals surface area (Å²) in [4.78, 5) is 15.5.